The summed E-state index contributed by atoms with van der Waals surface area (Å²) in [6.07, 6.45) is 5.82. The van der Waals surface area contributed by atoms with Gasteiger partial charge in [0.05, 0.1) is 11.8 Å². The lowest BCUT2D eigenvalue weighted by Gasteiger charge is -2.03. The summed E-state index contributed by atoms with van der Waals surface area (Å²) in [5, 5.41) is 9.01. The average Bonchev–Trinajstić information content (AvgIpc) is 2.73. The number of hydrogen-bond donors (Lipinski definition) is 3. The van der Waals surface area contributed by atoms with Crippen molar-refractivity contribution in [2.75, 3.05) is 5.73 Å². The first-order valence-electron chi connectivity index (χ1n) is 4.58. The predicted octanol–water partition coefficient (Wildman–Crippen LogP) is -0.288. The molecular weight excluding hydrogens is 208 g/mol. The highest BCUT2D eigenvalue weighted by molar-refractivity contribution is 5.93. The summed E-state index contributed by atoms with van der Waals surface area (Å²) >= 11 is 0. The van der Waals surface area contributed by atoms with Crippen LogP contribution < -0.4 is 11.1 Å². The van der Waals surface area contributed by atoms with Gasteiger partial charge in [0.1, 0.15) is 12.1 Å². The minimum Gasteiger partial charge on any atom is -0.384 e. The van der Waals surface area contributed by atoms with Gasteiger partial charge in [0.25, 0.3) is 5.91 Å². The molecule has 0 fully saturated rings. The third kappa shape index (κ3) is 2.14. The van der Waals surface area contributed by atoms with Crippen molar-refractivity contribution < 1.29 is 4.79 Å². The number of nitrogen functional groups attached to an aromatic ring is 1. The van der Waals surface area contributed by atoms with E-state index in [0.717, 1.165) is 5.56 Å². The van der Waals surface area contributed by atoms with Crippen LogP contribution in [0.1, 0.15) is 15.9 Å². The lowest BCUT2D eigenvalue weighted by atomic mass is 10.3. The van der Waals surface area contributed by atoms with Gasteiger partial charge in [-0.25, -0.2) is 9.97 Å². The Labute approximate surface area is 91.1 Å². The fourth-order valence-electron chi connectivity index (χ4n) is 1.16. The van der Waals surface area contributed by atoms with Crippen molar-refractivity contribution in [1.29, 1.82) is 0 Å². The molecule has 7 nitrogen and oxygen atoms in total. The minimum atomic E-state index is -0.249. The Morgan fingerprint density at radius 2 is 2.12 bits per heavy atom. The van der Waals surface area contributed by atoms with Crippen LogP contribution in [-0.4, -0.2) is 26.1 Å². The largest absolute Gasteiger partial charge is 0.384 e. The Morgan fingerprint density at radius 3 is 2.75 bits per heavy atom. The first kappa shape index (κ1) is 10.1. The molecule has 0 aromatic carbocycles. The lowest BCUT2D eigenvalue weighted by Crippen LogP contribution is -2.23. The molecule has 0 aliphatic rings. The van der Waals surface area contributed by atoms with E-state index >= 15 is 0 Å². The molecule has 0 spiro atoms. The van der Waals surface area contributed by atoms with Crippen molar-refractivity contribution >= 4 is 11.7 Å². The van der Waals surface area contributed by atoms with E-state index in [1.807, 2.05) is 0 Å². The molecule has 0 bridgehead atoms. The van der Waals surface area contributed by atoms with Gasteiger partial charge in [-0.15, -0.1) is 0 Å². The van der Waals surface area contributed by atoms with E-state index in [9.17, 15) is 4.79 Å². The van der Waals surface area contributed by atoms with Gasteiger partial charge >= 0.3 is 0 Å². The zero-order valence-corrected chi connectivity index (χ0v) is 8.34. The molecular formula is C9H10N6O. The first-order valence-corrected chi connectivity index (χ1v) is 4.58. The fraction of sp³-hybridized carbons (Fsp3) is 0.111. The van der Waals surface area contributed by atoms with Gasteiger partial charge in [0.2, 0.25) is 0 Å². The van der Waals surface area contributed by atoms with Gasteiger partial charge in [0, 0.05) is 24.5 Å². The summed E-state index contributed by atoms with van der Waals surface area (Å²) < 4.78 is 0. The lowest BCUT2D eigenvalue weighted by molar-refractivity contribution is 0.0950. The number of carbonyl (C=O) groups excluding carboxylic acids is 1. The van der Waals surface area contributed by atoms with Crippen LogP contribution in [0.25, 0.3) is 0 Å². The van der Waals surface area contributed by atoms with E-state index < -0.39 is 0 Å². The molecule has 1 amide bonds. The first-order chi connectivity index (χ1) is 7.77. The Balaban J connectivity index is 1.97. The van der Waals surface area contributed by atoms with Crippen LogP contribution >= 0.6 is 0 Å². The molecule has 16 heavy (non-hydrogen) atoms. The van der Waals surface area contributed by atoms with E-state index in [1.165, 1.54) is 18.7 Å². The molecule has 2 aromatic rings. The zero-order chi connectivity index (χ0) is 11.4. The molecule has 0 aliphatic carbocycles. The second kappa shape index (κ2) is 4.39. The number of H-pyrrole nitrogens is 1. The third-order valence-electron chi connectivity index (χ3n) is 2.01. The molecule has 0 saturated heterocycles. The highest BCUT2D eigenvalue weighted by atomic mass is 16.1. The number of carbonyl (C=O) groups is 1. The Morgan fingerprint density at radius 1 is 1.38 bits per heavy atom. The maximum absolute atomic E-state index is 11.6. The molecule has 4 N–H and O–H groups in total. The molecule has 2 rings (SSSR count). The predicted molar refractivity (Wildman–Crippen MR) is 56.2 cm³/mol. The highest BCUT2D eigenvalue weighted by Crippen LogP contribution is 2.05. The second-order valence-electron chi connectivity index (χ2n) is 3.12. The SMILES string of the molecule is Nc1[nH]ncc1CNC(=O)c1cncnc1. The van der Waals surface area contributed by atoms with Crippen LogP contribution in [0.3, 0.4) is 0 Å². The monoisotopic (exact) mass is 218 g/mol. The molecule has 0 atom stereocenters. The summed E-state index contributed by atoms with van der Waals surface area (Å²) in [4.78, 5) is 19.1. The van der Waals surface area contributed by atoms with Crippen LogP contribution in [0.15, 0.2) is 24.9 Å². The molecule has 82 valence electrons. The van der Waals surface area contributed by atoms with Crippen LogP contribution in [0.4, 0.5) is 5.82 Å². The molecule has 0 unspecified atom stereocenters. The summed E-state index contributed by atoms with van der Waals surface area (Å²) in [7, 11) is 0. The van der Waals surface area contributed by atoms with Gasteiger partial charge in [0.15, 0.2) is 0 Å². The highest BCUT2D eigenvalue weighted by Gasteiger charge is 2.07. The van der Waals surface area contributed by atoms with Crippen LogP contribution in [0, 0.1) is 0 Å². The summed E-state index contributed by atoms with van der Waals surface area (Å²) in [5.41, 5.74) is 6.72. The number of aromatic nitrogens is 4. The molecule has 0 radical (unpaired) electrons. The Kier molecular flexibility index (Phi) is 2.77. The number of nitrogens with zero attached hydrogens (tertiary/aromatic N) is 3. The van der Waals surface area contributed by atoms with Gasteiger partial charge in [-0.3, -0.25) is 9.89 Å². The van der Waals surface area contributed by atoms with Gasteiger partial charge < -0.3 is 11.1 Å². The van der Waals surface area contributed by atoms with Crippen molar-refractivity contribution in [3.63, 3.8) is 0 Å². The standard InChI is InChI=1S/C9H10N6O/c10-8-6(4-14-15-8)3-13-9(16)7-1-11-5-12-2-7/h1-2,4-5H,3H2,(H,13,16)(H3,10,14,15). The minimum absolute atomic E-state index is 0.249. The van der Waals surface area contributed by atoms with Gasteiger partial charge in [-0.1, -0.05) is 0 Å². The third-order valence-corrected chi connectivity index (χ3v) is 2.01. The van der Waals surface area contributed by atoms with Crippen molar-refractivity contribution in [3.8, 4) is 0 Å². The fourth-order valence-corrected chi connectivity index (χ4v) is 1.16. The normalized spacial score (nSPS) is 10.0. The van der Waals surface area contributed by atoms with Gasteiger partial charge in [-0.2, -0.15) is 5.10 Å². The molecule has 0 aliphatic heterocycles. The molecule has 7 heteroatoms. The maximum Gasteiger partial charge on any atom is 0.254 e. The van der Waals surface area contributed by atoms with Crippen LogP contribution in [-0.2, 0) is 6.54 Å². The van der Waals surface area contributed by atoms with Crippen LogP contribution in [0.5, 0.6) is 0 Å². The average molecular weight is 218 g/mol. The van der Waals surface area contributed by atoms with E-state index in [1.54, 1.807) is 6.20 Å². The van der Waals surface area contributed by atoms with Crippen molar-refractivity contribution in [3.05, 3.63) is 36.0 Å². The number of amides is 1. The Bertz CT molecular complexity index is 480. The van der Waals surface area contributed by atoms with Crippen molar-refractivity contribution in [2.45, 2.75) is 6.54 Å². The topological polar surface area (TPSA) is 110 Å². The number of aromatic amines is 1. The smallest absolute Gasteiger partial charge is 0.254 e. The molecule has 2 aromatic heterocycles. The number of rotatable bonds is 3. The number of nitrogens with one attached hydrogen (secondary N) is 2. The molecule has 0 saturated carbocycles. The summed E-state index contributed by atoms with van der Waals surface area (Å²) in [6, 6.07) is 0. The van der Waals surface area contributed by atoms with Crippen molar-refractivity contribution in [2.24, 2.45) is 0 Å². The number of hydrogen-bond acceptors (Lipinski definition) is 5. The summed E-state index contributed by atoms with van der Waals surface area (Å²) in [6.45, 7) is 0.316. The van der Waals surface area contributed by atoms with E-state index in [2.05, 4.69) is 25.5 Å². The van der Waals surface area contributed by atoms with E-state index in [4.69, 9.17) is 5.73 Å². The quantitative estimate of drug-likeness (QED) is 0.655. The number of nitrogens with two attached hydrogens (primary N) is 1. The molecule has 2 heterocycles. The van der Waals surface area contributed by atoms with Gasteiger partial charge in [-0.05, 0) is 0 Å². The maximum atomic E-state index is 11.6. The van der Waals surface area contributed by atoms with E-state index in [-0.39, 0.29) is 5.91 Å². The zero-order valence-electron chi connectivity index (χ0n) is 8.34. The Hall–Kier alpha value is -2.44. The van der Waals surface area contributed by atoms with Crippen molar-refractivity contribution in [1.82, 2.24) is 25.5 Å². The van der Waals surface area contributed by atoms with Crippen LogP contribution in [0.2, 0.25) is 0 Å². The van der Waals surface area contributed by atoms with E-state index in [0.29, 0.717) is 17.9 Å². The summed E-state index contributed by atoms with van der Waals surface area (Å²) in [5.74, 6) is 0.200. The second-order valence-corrected chi connectivity index (χ2v) is 3.12. The number of anilines is 1.